The number of fused-ring (bicyclic) bond motifs is 2. The van der Waals surface area contributed by atoms with Gasteiger partial charge in [0.05, 0.1) is 19.3 Å². The normalized spacial score (nSPS) is 30.8. The van der Waals surface area contributed by atoms with Crippen LogP contribution in [0.5, 0.6) is 0 Å². The van der Waals surface area contributed by atoms with Crippen molar-refractivity contribution < 1.29 is 48.0 Å². The molecule has 4 aromatic heterocycles. The molecule has 1 unspecified atom stereocenters. The molecule has 43 heavy (non-hydrogen) atoms. The van der Waals surface area contributed by atoms with Gasteiger partial charge in [0.15, 0.2) is 42.0 Å². The number of phosphoric ester groups is 1. The minimum Gasteiger partial charge on any atom is -0.387 e. The Kier molecular flexibility index (Phi) is 7.98. The minimum atomic E-state index is -4.95. The summed E-state index contributed by atoms with van der Waals surface area (Å²) in [5.41, 5.74) is 12.8. The predicted octanol–water partition coefficient (Wildman–Crippen LogP) is -1.46. The lowest BCUT2D eigenvalue weighted by Gasteiger charge is -2.23. The highest BCUT2D eigenvalue weighted by Gasteiger charge is 2.51. The van der Waals surface area contributed by atoms with Crippen LogP contribution in [0.1, 0.15) is 12.5 Å². The zero-order chi connectivity index (χ0) is 30.6. The monoisotopic (exact) mass is 642 g/mol. The van der Waals surface area contributed by atoms with Crippen LogP contribution in [0.15, 0.2) is 24.0 Å². The second-order valence-corrected chi connectivity index (χ2v) is 11.7. The second kappa shape index (κ2) is 11.4. The van der Waals surface area contributed by atoms with Crippen molar-refractivity contribution in [1.29, 1.82) is 0 Å². The topological polar surface area (TPSA) is 283 Å². The fourth-order valence-electron chi connectivity index (χ4n) is 4.89. The third-order valence-corrected chi connectivity index (χ3v) is 8.59. The number of hydrogen-bond donors (Lipinski definition) is 6. The molecule has 8 N–H and O–H groups in total. The Morgan fingerprint density at radius 1 is 0.977 bits per heavy atom. The van der Waals surface area contributed by atoms with E-state index < -0.39 is 63.7 Å². The van der Waals surface area contributed by atoms with Crippen LogP contribution < -0.4 is 11.5 Å². The summed E-state index contributed by atoms with van der Waals surface area (Å²) in [4.78, 5) is 35.1. The van der Waals surface area contributed by atoms with Crippen LogP contribution in [-0.2, 0) is 27.8 Å². The Morgan fingerprint density at radius 3 is 2.40 bits per heavy atom. The van der Waals surface area contributed by atoms with Gasteiger partial charge in [0, 0.05) is 7.11 Å². The van der Waals surface area contributed by atoms with Gasteiger partial charge < -0.3 is 45.9 Å². The third-order valence-electron chi connectivity index (χ3n) is 6.93. The van der Waals surface area contributed by atoms with E-state index in [0.29, 0.717) is 10.5 Å². The maximum atomic E-state index is 12.9. The molecule has 2 saturated heterocycles. The maximum absolute atomic E-state index is 12.9. The van der Waals surface area contributed by atoms with Crippen LogP contribution in [0.25, 0.3) is 22.3 Å². The molecule has 20 nitrogen and oxygen atoms in total. The van der Waals surface area contributed by atoms with Gasteiger partial charge in [0.1, 0.15) is 46.8 Å². The van der Waals surface area contributed by atoms with Crippen LogP contribution in [0.2, 0.25) is 0 Å². The average Bonchev–Trinajstić information content (AvgIpc) is 3.73. The highest BCUT2D eigenvalue weighted by atomic mass is 32.2. The zero-order valence-electron chi connectivity index (χ0n) is 22.4. The van der Waals surface area contributed by atoms with Crippen LogP contribution in [-0.4, -0.2) is 116 Å². The van der Waals surface area contributed by atoms with E-state index in [4.69, 9.17) is 34.7 Å². The predicted molar refractivity (Wildman–Crippen MR) is 145 cm³/mol. The molecule has 6 rings (SSSR count). The standard InChI is InChI=1S/C21H27N10O10PS/c1-37-20-13(12(34)19(40-20)30-5-26-8-14(22)24-4-25-15(8)30)41-42(35,36)38-3-7-10(32)11(33)18(39-7)31-6-27-9-16(31)28-21(23)29-17(9)43-2/h4-7,10-13,18-20,32-34H,3H2,1-2H3,(H,35,36)(H2,22,24,25)(H2,23,28,29)/t7-,10+,11+,12+,13-,18-,19-,20+/m1/s1. The Hall–Kier alpha value is -3.08. The summed E-state index contributed by atoms with van der Waals surface area (Å²) in [7, 11) is -3.70. The van der Waals surface area contributed by atoms with E-state index in [1.165, 1.54) is 47.0 Å². The van der Waals surface area contributed by atoms with Gasteiger partial charge in [-0.05, 0) is 6.26 Å². The Morgan fingerprint density at radius 2 is 1.67 bits per heavy atom. The lowest BCUT2D eigenvalue weighted by molar-refractivity contribution is -0.159. The van der Waals surface area contributed by atoms with Gasteiger partial charge in [0.2, 0.25) is 5.95 Å². The molecule has 0 spiro atoms. The fourth-order valence-corrected chi connectivity index (χ4v) is 6.34. The molecule has 0 saturated carbocycles. The summed E-state index contributed by atoms with van der Waals surface area (Å²) >= 11 is 1.29. The molecule has 22 heteroatoms. The van der Waals surface area contributed by atoms with E-state index in [2.05, 4.69) is 29.9 Å². The fraction of sp³-hybridized carbons (Fsp3) is 0.524. The van der Waals surface area contributed by atoms with E-state index >= 15 is 0 Å². The van der Waals surface area contributed by atoms with Crippen molar-refractivity contribution in [2.75, 3.05) is 31.4 Å². The molecule has 2 fully saturated rings. The maximum Gasteiger partial charge on any atom is 0.472 e. The van der Waals surface area contributed by atoms with Gasteiger partial charge in [-0.2, -0.15) is 4.98 Å². The number of aliphatic hydroxyl groups excluding tert-OH is 3. The van der Waals surface area contributed by atoms with Crippen LogP contribution in [0, 0.1) is 0 Å². The minimum absolute atomic E-state index is 0.0294. The number of thioether (sulfide) groups is 1. The Bertz CT molecular complexity index is 1690. The SMILES string of the molecule is CO[C@H]1O[C@@H](n2cnc3c(N)ncnc32)[C@@H](O)[C@H]1OP(=O)(O)OC[C@H]1O[C@@H](n2cnc3c(SC)nc(N)nc32)[C@@H](O)[C@H]1O. The van der Waals surface area contributed by atoms with E-state index in [-0.39, 0.29) is 28.6 Å². The smallest absolute Gasteiger partial charge is 0.387 e. The Balaban J connectivity index is 1.14. The van der Waals surface area contributed by atoms with Gasteiger partial charge in [-0.3, -0.25) is 18.2 Å². The molecule has 2 aliphatic heterocycles. The number of anilines is 2. The molecule has 0 amide bonds. The molecule has 0 bridgehead atoms. The van der Waals surface area contributed by atoms with E-state index in [1.54, 1.807) is 6.26 Å². The number of hydrogen-bond acceptors (Lipinski definition) is 18. The number of aromatic nitrogens is 8. The molecule has 0 aromatic carbocycles. The summed E-state index contributed by atoms with van der Waals surface area (Å²) < 4.78 is 42.7. The van der Waals surface area contributed by atoms with Crippen molar-refractivity contribution in [1.82, 2.24) is 39.0 Å². The Labute approximate surface area is 245 Å². The lowest BCUT2D eigenvalue weighted by atomic mass is 10.1. The van der Waals surface area contributed by atoms with Crippen molar-refractivity contribution in [3.8, 4) is 0 Å². The average molecular weight is 643 g/mol. The van der Waals surface area contributed by atoms with Gasteiger partial charge in [-0.25, -0.2) is 29.5 Å². The third kappa shape index (κ3) is 5.31. The molecule has 232 valence electrons. The first kappa shape index (κ1) is 30.0. The van der Waals surface area contributed by atoms with Gasteiger partial charge >= 0.3 is 7.82 Å². The molecule has 4 aromatic rings. The molecule has 6 heterocycles. The summed E-state index contributed by atoms with van der Waals surface area (Å²) in [5.74, 6) is 0.0748. The summed E-state index contributed by atoms with van der Waals surface area (Å²) in [6.45, 7) is -0.685. The van der Waals surface area contributed by atoms with Crippen molar-refractivity contribution in [2.45, 2.75) is 54.3 Å². The molecule has 2 aliphatic rings. The van der Waals surface area contributed by atoms with Gasteiger partial charge in [-0.15, -0.1) is 11.8 Å². The van der Waals surface area contributed by atoms with E-state index in [1.807, 2.05) is 0 Å². The highest BCUT2D eigenvalue weighted by molar-refractivity contribution is 7.98. The number of imidazole rings is 2. The van der Waals surface area contributed by atoms with Crippen molar-refractivity contribution >= 4 is 53.7 Å². The van der Waals surface area contributed by atoms with Crippen LogP contribution in [0.3, 0.4) is 0 Å². The van der Waals surface area contributed by atoms with Crippen molar-refractivity contribution in [3.63, 3.8) is 0 Å². The second-order valence-electron chi connectivity index (χ2n) is 9.50. The van der Waals surface area contributed by atoms with Crippen LogP contribution >= 0.6 is 19.6 Å². The largest absolute Gasteiger partial charge is 0.472 e. The molecular formula is C21H27N10O10PS. The first-order chi connectivity index (χ1) is 20.5. The van der Waals surface area contributed by atoms with Crippen LogP contribution in [0.4, 0.5) is 11.8 Å². The highest BCUT2D eigenvalue weighted by Crippen LogP contribution is 2.49. The first-order valence-corrected chi connectivity index (χ1v) is 15.3. The van der Waals surface area contributed by atoms with Crippen molar-refractivity contribution in [3.05, 3.63) is 19.0 Å². The lowest BCUT2D eigenvalue weighted by Crippen LogP contribution is -2.36. The number of nitrogens with zero attached hydrogens (tertiary/aromatic N) is 8. The summed E-state index contributed by atoms with van der Waals surface area (Å²) in [5, 5.41) is 32.8. The first-order valence-electron chi connectivity index (χ1n) is 12.5. The molecular weight excluding hydrogens is 615 g/mol. The van der Waals surface area contributed by atoms with Gasteiger partial charge in [-0.1, -0.05) is 0 Å². The summed E-state index contributed by atoms with van der Waals surface area (Å²) in [6, 6.07) is 0. The summed E-state index contributed by atoms with van der Waals surface area (Å²) in [6.07, 6.45) is -5.44. The zero-order valence-corrected chi connectivity index (χ0v) is 24.1. The molecule has 0 radical (unpaired) electrons. The van der Waals surface area contributed by atoms with E-state index in [0.717, 1.165) is 0 Å². The number of ether oxygens (including phenoxy) is 3. The number of methoxy groups -OCH3 is 1. The molecule has 9 atom stereocenters. The number of nitrogens with two attached hydrogens (primary N) is 2. The van der Waals surface area contributed by atoms with Crippen molar-refractivity contribution in [2.24, 2.45) is 0 Å². The quantitative estimate of drug-likeness (QED) is 0.0690. The number of phosphoric acid groups is 1. The van der Waals surface area contributed by atoms with E-state index in [9.17, 15) is 24.8 Å². The number of nitrogen functional groups attached to an aromatic ring is 2. The number of aliphatic hydroxyl groups is 3. The number of rotatable bonds is 9. The van der Waals surface area contributed by atoms with Gasteiger partial charge in [0.25, 0.3) is 0 Å². The molecule has 0 aliphatic carbocycles.